The first-order valence-corrected chi connectivity index (χ1v) is 12.2. The van der Waals surface area contributed by atoms with Crippen molar-refractivity contribution in [2.45, 2.75) is 73.6 Å². The third-order valence-electron chi connectivity index (χ3n) is 4.77. The van der Waals surface area contributed by atoms with Crippen molar-refractivity contribution in [1.82, 2.24) is 0 Å². The first kappa shape index (κ1) is 31.8. The van der Waals surface area contributed by atoms with Crippen molar-refractivity contribution in [1.29, 1.82) is 0 Å². The highest BCUT2D eigenvalue weighted by atomic mass is 16.5. The van der Waals surface area contributed by atoms with Gasteiger partial charge in [0.1, 0.15) is 0 Å². The van der Waals surface area contributed by atoms with Crippen molar-refractivity contribution < 1.29 is 38.1 Å². The van der Waals surface area contributed by atoms with E-state index in [0.717, 1.165) is 32.1 Å². The van der Waals surface area contributed by atoms with Gasteiger partial charge in [-0.15, -0.1) is 0 Å². The van der Waals surface area contributed by atoms with Crippen LogP contribution in [0.1, 0.15) is 73.6 Å². The predicted molar refractivity (Wildman–Crippen MR) is 133 cm³/mol. The Morgan fingerprint density at radius 2 is 0.829 bits per heavy atom. The Hall–Kier alpha value is -3.16. The molecule has 0 amide bonds. The fourth-order valence-electron chi connectivity index (χ4n) is 2.91. The quantitative estimate of drug-likeness (QED) is 0.0981. The van der Waals surface area contributed by atoms with Crippen LogP contribution in [-0.2, 0) is 38.1 Å². The summed E-state index contributed by atoms with van der Waals surface area (Å²) in [5, 5.41) is 0. The molecule has 0 saturated heterocycles. The van der Waals surface area contributed by atoms with Gasteiger partial charge in [-0.1, -0.05) is 30.7 Å². The van der Waals surface area contributed by atoms with Crippen molar-refractivity contribution in [3.05, 3.63) is 46.6 Å². The molecule has 0 aromatic carbocycles. The molecule has 0 aromatic rings. The Morgan fingerprint density at radius 1 is 0.514 bits per heavy atom. The lowest BCUT2D eigenvalue weighted by Gasteiger charge is -2.08. The number of hydrogen-bond acceptors (Lipinski definition) is 8. The van der Waals surface area contributed by atoms with Crippen molar-refractivity contribution in [2.75, 3.05) is 26.4 Å². The van der Waals surface area contributed by atoms with Gasteiger partial charge in [-0.3, -0.25) is 0 Å². The van der Waals surface area contributed by atoms with Crippen LogP contribution in [-0.4, -0.2) is 50.3 Å². The van der Waals surface area contributed by atoms with Crippen molar-refractivity contribution >= 4 is 23.9 Å². The zero-order chi connectivity index (χ0) is 26.6. The van der Waals surface area contributed by atoms with Gasteiger partial charge in [0.2, 0.25) is 0 Å². The highest BCUT2D eigenvalue weighted by Gasteiger charge is 2.18. The summed E-state index contributed by atoms with van der Waals surface area (Å²) in [6, 6.07) is 0. The van der Waals surface area contributed by atoms with Gasteiger partial charge in [0, 0.05) is 11.1 Å². The second-order valence-corrected chi connectivity index (χ2v) is 7.40. The lowest BCUT2D eigenvalue weighted by atomic mass is 10.1. The highest BCUT2D eigenvalue weighted by Crippen LogP contribution is 2.14. The molecule has 0 saturated carbocycles. The smallest absolute Gasteiger partial charge is 0.338 e. The fraction of sp³-hybridized carbons (Fsp3) is 0.556. The summed E-state index contributed by atoms with van der Waals surface area (Å²) >= 11 is 0. The standard InChI is InChI=1S/C27H40O8/c1-7-32-24(28)20(5)22(26(30)34-9-3)18-16-14-12-11-13-15-17-19-23(27(31)35-10-4)21(6)25(29)33-8-2/h16-19H,7-15H2,1-6H3/b18-16+,19-17+,22-20-,23-21-. The zero-order valence-corrected chi connectivity index (χ0v) is 21.9. The molecule has 35 heavy (non-hydrogen) atoms. The molecule has 0 aliphatic rings. The minimum absolute atomic E-state index is 0.198. The number of carbonyl (C=O) groups excluding carboxylic acids is 4. The van der Waals surface area contributed by atoms with E-state index in [1.807, 2.05) is 12.2 Å². The predicted octanol–water partition coefficient (Wildman–Crippen LogP) is 4.93. The van der Waals surface area contributed by atoms with E-state index in [-0.39, 0.29) is 48.7 Å². The van der Waals surface area contributed by atoms with Crippen LogP contribution in [0.2, 0.25) is 0 Å². The Balaban J connectivity index is 4.88. The summed E-state index contributed by atoms with van der Waals surface area (Å²) in [6.45, 7) is 10.8. The molecule has 0 aromatic heterocycles. The molecule has 0 rings (SSSR count). The average Bonchev–Trinajstić information content (AvgIpc) is 2.82. The summed E-state index contributed by atoms with van der Waals surface area (Å²) in [4.78, 5) is 48.3. The van der Waals surface area contributed by atoms with Crippen LogP contribution in [0.15, 0.2) is 46.6 Å². The second kappa shape index (κ2) is 19.2. The molecular weight excluding hydrogens is 452 g/mol. The van der Waals surface area contributed by atoms with Crippen molar-refractivity contribution in [2.24, 2.45) is 0 Å². The van der Waals surface area contributed by atoms with Gasteiger partial charge in [0.15, 0.2) is 0 Å². The summed E-state index contributed by atoms with van der Waals surface area (Å²) in [6.07, 6.45) is 11.0. The van der Waals surface area contributed by atoms with E-state index >= 15 is 0 Å². The summed E-state index contributed by atoms with van der Waals surface area (Å²) in [5.41, 5.74) is 0.831. The first-order valence-electron chi connectivity index (χ1n) is 12.2. The van der Waals surface area contributed by atoms with Crippen molar-refractivity contribution in [3.63, 3.8) is 0 Å². The van der Waals surface area contributed by atoms with Crippen LogP contribution in [0, 0.1) is 0 Å². The maximum Gasteiger partial charge on any atom is 0.338 e. The van der Waals surface area contributed by atoms with E-state index < -0.39 is 23.9 Å². The lowest BCUT2D eigenvalue weighted by Crippen LogP contribution is -2.14. The van der Waals surface area contributed by atoms with E-state index in [1.165, 1.54) is 0 Å². The maximum atomic E-state index is 12.2. The minimum atomic E-state index is -0.553. The van der Waals surface area contributed by atoms with E-state index in [0.29, 0.717) is 0 Å². The summed E-state index contributed by atoms with van der Waals surface area (Å²) in [5.74, 6) is -2.19. The monoisotopic (exact) mass is 492 g/mol. The molecule has 0 unspecified atom stereocenters. The van der Waals surface area contributed by atoms with Crippen molar-refractivity contribution in [3.8, 4) is 0 Å². The van der Waals surface area contributed by atoms with E-state index in [4.69, 9.17) is 18.9 Å². The highest BCUT2D eigenvalue weighted by molar-refractivity contribution is 6.02. The molecule has 0 aliphatic heterocycles. The van der Waals surface area contributed by atoms with Gasteiger partial charge in [-0.05, 0) is 67.2 Å². The number of esters is 4. The van der Waals surface area contributed by atoms with Crippen LogP contribution < -0.4 is 0 Å². The minimum Gasteiger partial charge on any atom is -0.463 e. The van der Waals surface area contributed by atoms with E-state index in [1.54, 1.807) is 53.7 Å². The number of allylic oxidation sites excluding steroid dienone is 2. The largest absolute Gasteiger partial charge is 0.463 e. The van der Waals surface area contributed by atoms with Gasteiger partial charge in [-0.2, -0.15) is 0 Å². The molecule has 0 heterocycles. The molecule has 0 spiro atoms. The lowest BCUT2D eigenvalue weighted by molar-refractivity contribution is -0.141. The summed E-state index contributed by atoms with van der Waals surface area (Å²) < 4.78 is 20.0. The van der Waals surface area contributed by atoms with Gasteiger partial charge < -0.3 is 18.9 Å². The number of unbranched alkanes of at least 4 members (excludes halogenated alkanes) is 4. The van der Waals surface area contributed by atoms with E-state index in [2.05, 4.69) is 0 Å². The van der Waals surface area contributed by atoms with Gasteiger partial charge >= 0.3 is 23.9 Å². The molecule has 0 N–H and O–H groups in total. The number of rotatable bonds is 16. The van der Waals surface area contributed by atoms with Gasteiger partial charge in [0.25, 0.3) is 0 Å². The van der Waals surface area contributed by atoms with Crippen LogP contribution in [0.5, 0.6) is 0 Å². The van der Waals surface area contributed by atoms with Crippen LogP contribution in [0.4, 0.5) is 0 Å². The van der Waals surface area contributed by atoms with Gasteiger partial charge in [0.05, 0.1) is 37.6 Å². The van der Waals surface area contributed by atoms with Gasteiger partial charge in [-0.25, -0.2) is 19.2 Å². The third kappa shape index (κ3) is 12.8. The number of ether oxygens (including phenoxy) is 4. The molecule has 8 nitrogen and oxygen atoms in total. The molecular formula is C27H40O8. The molecule has 0 radical (unpaired) electrons. The normalized spacial score (nSPS) is 12.7. The average molecular weight is 493 g/mol. The Labute approximate surface area is 209 Å². The molecule has 0 bridgehead atoms. The maximum absolute atomic E-state index is 12.2. The molecule has 0 fully saturated rings. The van der Waals surface area contributed by atoms with Crippen LogP contribution >= 0.6 is 0 Å². The number of hydrogen-bond donors (Lipinski definition) is 0. The second-order valence-electron chi connectivity index (χ2n) is 7.40. The Bertz CT molecular complexity index is 762. The molecule has 8 heteroatoms. The zero-order valence-electron chi connectivity index (χ0n) is 21.9. The van der Waals surface area contributed by atoms with Crippen LogP contribution in [0.3, 0.4) is 0 Å². The van der Waals surface area contributed by atoms with E-state index in [9.17, 15) is 19.2 Å². The molecule has 0 aliphatic carbocycles. The Morgan fingerprint density at radius 3 is 1.14 bits per heavy atom. The summed E-state index contributed by atoms with van der Waals surface area (Å²) in [7, 11) is 0. The van der Waals surface area contributed by atoms with Crippen LogP contribution in [0.25, 0.3) is 0 Å². The molecule has 196 valence electrons. The number of carbonyl (C=O) groups is 4. The third-order valence-corrected chi connectivity index (χ3v) is 4.77. The first-order chi connectivity index (χ1) is 16.7. The topological polar surface area (TPSA) is 105 Å². The molecule has 0 atom stereocenters. The SMILES string of the molecule is CCOC(=O)/C(C)=C(/C=C/CCCCC/C=C/C(C(=O)OCC)=C(\C)C(=O)OCC)C(=O)OCC. The fourth-order valence-corrected chi connectivity index (χ4v) is 2.91. The Kier molecular flexibility index (Phi) is 17.4.